The summed E-state index contributed by atoms with van der Waals surface area (Å²) >= 11 is 1.91. The maximum atomic E-state index is 12.1. The number of hydrogen-bond donors (Lipinski definition) is 0. The molecule has 21 heavy (non-hydrogen) atoms. The van der Waals surface area contributed by atoms with Gasteiger partial charge in [-0.3, -0.25) is 9.59 Å². The predicted octanol–water partition coefficient (Wildman–Crippen LogP) is 0.834. The van der Waals surface area contributed by atoms with Gasteiger partial charge >= 0.3 is 0 Å². The molecule has 1 saturated carbocycles. The van der Waals surface area contributed by atoms with Crippen LogP contribution < -0.4 is 0 Å². The van der Waals surface area contributed by atoms with Crippen molar-refractivity contribution in [1.82, 2.24) is 9.80 Å². The Bertz CT molecular complexity index is 448. The van der Waals surface area contributed by atoms with Crippen molar-refractivity contribution in [3.05, 3.63) is 0 Å². The molecule has 3 atom stereocenters. The van der Waals surface area contributed by atoms with Crippen LogP contribution in [0.25, 0.3) is 0 Å². The Morgan fingerprint density at radius 3 is 2.62 bits per heavy atom. The van der Waals surface area contributed by atoms with Gasteiger partial charge in [-0.05, 0) is 18.8 Å². The fraction of sp³-hybridized carbons (Fsp3) is 0.867. The van der Waals surface area contributed by atoms with E-state index in [1.54, 1.807) is 19.0 Å². The van der Waals surface area contributed by atoms with Crippen molar-refractivity contribution in [2.45, 2.75) is 30.6 Å². The van der Waals surface area contributed by atoms with Gasteiger partial charge in [0, 0.05) is 38.9 Å². The molecule has 5 nitrogen and oxygen atoms in total. The van der Waals surface area contributed by atoms with E-state index in [1.807, 2.05) is 16.7 Å². The second kappa shape index (κ2) is 5.47. The average molecular weight is 312 g/mol. The summed E-state index contributed by atoms with van der Waals surface area (Å²) in [6, 6.07) is 0. The van der Waals surface area contributed by atoms with Crippen molar-refractivity contribution in [3.8, 4) is 0 Å². The summed E-state index contributed by atoms with van der Waals surface area (Å²) in [6.07, 6.45) is 2.17. The molecule has 0 unspecified atom stereocenters. The number of nitrogens with zero attached hydrogens (tertiary/aromatic N) is 2. The maximum Gasteiger partial charge on any atom is 0.248 e. The summed E-state index contributed by atoms with van der Waals surface area (Å²) in [7, 11) is 3.48. The molecule has 1 aliphatic carbocycles. The Balaban J connectivity index is 1.41. The van der Waals surface area contributed by atoms with Crippen LogP contribution in [-0.4, -0.2) is 72.0 Å². The third-order valence-corrected chi connectivity index (χ3v) is 6.39. The lowest BCUT2D eigenvalue weighted by Gasteiger charge is -2.47. The monoisotopic (exact) mass is 312 g/mol. The Kier molecular flexibility index (Phi) is 3.94. The normalized spacial score (nSPS) is 32.9. The van der Waals surface area contributed by atoms with Gasteiger partial charge in [0.05, 0.1) is 10.9 Å². The molecule has 0 aromatic heterocycles. The molecule has 0 aromatic rings. The van der Waals surface area contributed by atoms with Crippen molar-refractivity contribution in [3.63, 3.8) is 0 Å². The Hall–Kier alpha value is -0.750. The number of thioether (sulfide) groups is 1. The van der Waals surface area contributed by atoms with Crippen LogP contribution in [0.5, 0.6) is 0 Å². The van der Waals surface area contributed by atoms with E-state index in [4.69, 9.17) is 4.74 Å². The van der Waals surface area contributed by atoms with Gasteiger partial charge < -0.3 is 14.5 Å². The van der Waals surface area contributed by atoms with Crippen LogP contribution in [0.1, 0.15) is 19.8 Å². The van der Waals surface area contributed by atoms with Gasteiger partial charge in [0.25, 0.3) is 0 Å². The third-order valence-electron chi connectivity index (χ3n) is 4.81. The molecule has 2 heterocycles. The first-order chi connectivity index (χ1) is 9.90. The van der Waals surface area contributed by atoms with Crippen LogP contribution in [0, 0.1) is 11.8 Å². The second-order valence-electron chi connectivity index (χ2n) is 6.93. The Morgan fingerprint density at radius 1 is 1.38 bits per heavy atom. The highest BCUT2D eigenvalue weighted by molar-refractivity contribution is 8.01. The molecule has 2 saturated heterocycles. The van der Waals surface area contributed by atoms with Gasteiger partial charge in [0.15, 0.2) is 0 Å². The molecule has 0 bridgehead atoms. The molecule has 3 fully saturated rings. The minimum Gasteiger partial charge on any atom is -0.367 e. The first-order valence-corrected chi connectivity index (χ1v) is 8.63. The van der Waals surface area contributed by atoms with Crippen molar-refractivity contribution in [2.24, 2.45) is 11.8 Å². The van der Waals surface area contributed by atoms with Gasteiger partial charge in [-0.2, -0.15) is 0 Å². The molecular weight excluding hydrogens is 288 g/mol. The Morgan fingerprint density at radius 2 is 2.05 bits per heavy atom. The number of rotatable bonds is 4. The van der Waals surface area contributed by atoms with Gasteiger partial charge in [0.1, 0.15) is 6.61 Å². The summed E-state index contributed by atoms with van der Waals surface area (Å²) in [6.45, 7) is 4.03. The van der Waals surface area contributed by atoms with Crippen LogP contribution >= 0.6 is 11.8 Å². The number of hydrogen-bond acceptors (Lipinski definition) is 4. The largest absolute Gasteiger partial charge is 0.367 e. The quantitative estimate of drug-likeness (QED) is 0.772. The minimum absolute atomic E-state index is 0.00841. The number of amides is 2. The highest BCUT2D eigenvalue weighted by Gasteiger charge is 2.53. The zero-order valence-electron chi connectivity index (χ0n) is 13.0. The van der Waals surface area contributed by atoms with Crippen LogP contribution in [0.4, 0.5) is 0 Å². The third kappa shape index (κ3) is 3.06. The van der Waals surface area contributed by atoms with Crippen LogP contribution in [0.3, 0.4) is 0 Å². The molecule has 6 heteroatoms. The van der Waals surface area contributed by atoms with Crippen molar-refractivity contribution < 1.29 is 14.3 Å². The molecule has 2 amide bonds. The summed E-state index contributed by atoms with van der Waals surface area (Å²) in [4.78, 5) is 27.2. The van der Waals surface area contributed by atoms with Crippen molar-refractivity contribution in [2.75, 3.05) is 39.5 Å². The van der Waals surface area contributed by atoms with Crippen LogP contribution in [0.15, 0.2) is 0 Å². The van der Waals surface area contributed by atoms with E-state index < -0.39 is 0 Å². The SMILES string of the molecule is C[C@@H]1C[C@H]1C(=O)N1CC2(C[C@H](OCC(=O)N(C)C)CS2)C1. The molecule has 0 N–H and O–H groups in total. The predicted molar refractivity (Wildman–Crippen MR) is 82.1 cm³/mol. The highest BCUT2D eigenvalue weighted by atomic mass is 32.2. The smallest absolute Gasteiger partial charge is 0.248 e. The van der Waals surface area contributed by atoms with E-state index in [0.717, 1.165) is 31.7 Å². The summed E-state index contributed by atoms with van der Waals surface area (Å²) in [5.74, 6) is 2.16. The number of carbonyl (C=O) groups is 2. The zero-order valence-corrected chi connectivity index (χ0v) is 13.8. The lowest BCUT2D eigenvalue weighted by atomic mass is 9.92. The molecule has 3 rings (SSSR count). The summed E-state index contributed by atoms with van der Waals surface area (Å²) < 4.78 is 5.91. The highest BCUT2D eigenvalue weighted by Crippen LogP contribution is 2.48. The zero-order chi connectivity index (χ0) is 15.2. The van der Waals surface area contributed by atoms with Crippen molar-refractivity contribution >= 4 is 23.6 Å². The molecule has 3 aliphatic rings. The lowest BCUT2D eigenvalue weighted by molar-refractivity contribution is -0.138. The standard InChI is InChI=1S/C15H24N2O3S/c1-10-4-12(10)14(19)17-8-15(9-17)5-11(7-21-15)20-6-13(18)16(2)3/h10-12H,4-9H2,1-3H3/t10-,11+,12-/m1/s1. The summed E-state index contributed by atoms with van der Waals surface area (Å²) in [5.41, 5.74) is 0. The molecular formula is C15H24N2O3S. The van der Waals surface area contributed by atoms with E-state index in [-0.39, 0.29) is 23.4 Å². The minimum atomic E-state index is 0.00841. The van der Waals surface area contributed by atoms with Gasteiger partial charge in [-0.1, -0.05) is 6.92 Å². The Labute approximate surface area is 130 Å². The molecule has 0 aromatic carbocycles. The first-order valence-electron chi connectivity index (χ1n) is 7.65. The summed E-state index contributed by atoms with van der Waals surface area (Å²) in [5, 5.41) is 0. The molecule has 2 aliphatic heterocycles. The first kappa shape index (κ1) is 15.2. The van der Waals surface area contributed by atoms with Crippen molar-refractivity contribution in [1.29, 1.82) is 0 Å². The van der Waals surface area contributed by atoms with E-state index in [9.17, 15) is 9.59 Å². The topological polar surface area (TPSA) is 49.9 Å². The van der Waals surface area contributed by atoms with Crippen LogP contribution in [0.2, 0.25) is 0 Å². The lowest BCUT2D eigenvalue weighted by Crippen LogP contribution is -2.61. The van der Waals surface area contributed by atoms with E-state index in [2.05, 4.69) is 6.92 Å². The number of likely N-dealkylation sites (tertiary alicyclic amines) is 1. The maximum absolute atomic E-state index is 12.1. The number of carbonyl (C=O) groups excluding carboxylic acids is 2. The van der Waals surface area contributed by atoms with Gasteiger partial charge in [0.2, 0.25) is 11.8 Å². The average Bonchev–Trinajstić information content (AvgIpc) is 2.98. The van der Waals surface area contributed by atoms with Gasteiger partial charge in [-0.15, -0.1) is 11.8 Å². The van der Waals surface area contributed by atoms with Gasteiger partial charge in [-0.25, -0.2) is 0 Å². The fourth-order valence-corrected chi connectivity index (χ4v) is 4.71. The molecule has 0 radical (unpaired) electrons. The second-order valence-corrected chi connectivity index (χ2v) is 8.42. The molecule has 1 spiro atoms. The number of ether oxygens (including phenoxy) is 1. The van der Waals surface area contributed by atoms with E-state index in [1.165, 1.54) is 0 Å². The van der Waals surface area contributed by atoms with E-state index in [0.29, 0.717) is 17.7 Å². The van der Waals surface area contributed by atoms with E-state index >= 15 is 0 Å². The fourth-order valence-electron chi connectivity index (χ4n) is 3.15. The van der Waals surface area contributed by atoms with Crippen LogP contribution in [-0.2, 0) is 14.3 Å². The molecule has 118 valence electrons. The number of likely N-dealkylation sites (N-methyl/N-ethyl adjacent to an activating group) is 1.